The zero-order valence-electron chi connectivity index (χ0n) is 13.2. The van der Waals surface area contributed by atoms with Crippen LogP contribution in [0.15, 0.2) is 24.3 Å². The SMILES string of the molecule is CC(C)[C@H]1CC[C@H](C)C[C@@H]1[N+]1=Cc2ccccc2CC1. The van der Waals surface area contributed by atoms with Crippen LogP contribution in [0, 0.1) is 17.8 Å². The second-order valence-electron chi connectivity index (χ2n) is 7.21. The van der Waals surface area contributed by atoms with E-state index < -0.39 is 0 Å². The van der Waals surface area contributed by atoms with Crippen molar-refractivity contribution in [3.63, 3.8) is 0 Å². The fourth-order valence-electron chi connectivity index (χ4n) is 4.18. The van der Waals surface area contributed by atoms with E-state index in [1.54, 1.807) is 0 Å². The monoisotopic (exact) mass is 270 g/mol. The van der Waals surface area contributed by atoms with Crippen LogP contribution in [0.3, 0.4) is 0 Å². The molecule has 20 heavy (non-hydrogen) atoms. The molecule has 1 heterocycles. The van der Waals surface area contributed by atoms with Gasteiger partial charge in [0.05, 0.1) is 0 Å². The van der Waals surface area contributed by atoms with Gasteiger partial charge in [-0.3, -0.25) is 0 Å². The summed E-state index contributed by atoms with van der Waals surface area (Å²) in [7, 11) is 0. The van der Waals surface area contributed by atoms with Gasteiger partial charge in [0, 0.05) is 24.3 Å². The Kier molecular flexibility index (Phi) is 3.96. The molecular weight excluding hydrogens is 242 g/mol. The van der Waals surface area contributed by atoms with E-state index in [1.165, 1.54) is 43.4 Å². The first kappa shape index (κ1) is 13.9. The van der Waals surface area contributed by atoms with Gasteiger partial charge < -0.3 is 0 Å². The highest BCUT2D eigenvalue weighted by Gasteiger charge is 2.38. The maximum absolute atomic E-state index is 2.67. The molecule has 0 aromatic heterocycles. The van der Waals surface area contributed by atoms with Gasteiger partial charge in [0.2, 0.25) is 0 Å². The zero-order valence-corrected chi connectivity index (χ0v) is 13.2. The number of nitrogens with zero attached hydrogens (tertiary/aromatic N) is 1. The van der Waals surface area contributed by atoms with Crippen molar-refractivity contribution in [3.8, 4) is 0 Å². The van der Waals surface area contributed by atoms with Gasteiger partial charge in [-0.15, -0.1) is 0 Å². The van der Waals surface area contributed by atoms with E-state index in [-0.39, 0.29) is 0 Å². The Morgan fingerprint density at radius 2 is 1.95 bits per heavy atom. The standard InChI is InChI=1S/C19H28N/c1-14(2)18-9-8-15(3)12-19(18)20-11-10-16-6-4-5-7-17(16)13-20/h4-7,13-15,18-19H,8-12H2,1-3H3/q+1/t15-,18+,19-/m0/s1. The van der Waals surface area contributed by atoms with E-state index in [2.05, 4.69) is 55.8 Å². The molecule has 0 bridgehead atoms. The predicted molar refractivity (Wildman–Crippen MR) is 85.6 cm³/mol. The average molecular weight is 270 g/mol. The van der Waals surface area contributed by atoms with Crippen molar-refractivity contribution in [3.05, 3.63) is 35.4 Å². The Bertz CT molecular complexity index is 500. The zero-order chi connectivity index (χ0) is 14.1. The van der Waals surface area contributed by atoms with Gasteiger partial charge in [-0.1, -0.05) is 39.0 Å². The van der Waals surface area contributed by atoms with Crippen LogP contribution in [-0.2, 0) is 6.42 Å². The van der Waals surface area contributed by atoms with Crippen molar-refractivity contribution in [2.45, 2.75) is 52.5 Å². The molecule has 1 aliphatic heterocycles. The molecule has 1 nitrogen and oxygen atoms in total. The molecule has 0 amide bonds. The molecule has 1 aromatic rings. The molecule has 3 atom stereocenters. The lowest BCUT2D eigenvalue weighted by atomic mass is 9.73. The molecule has 2 aliphatic rings. The minimum atomic E-state index is 0.757. The Hall–Kier alpha value is -1.11. The molecule has 1 heteroatoms. The van der Waals surface area contributed by atoms with E-state index in [4.69, 9.17) is 0 Å². The smallest absolute Gasteiger partial charge is 0.171 e. The normalized spacial score (nSPS) is 30.0. The molecule has 1 aliphatic carbocycles. The molecule has 0 radical (unpaired) electrons. The van der Waals surface area contributed by atoms with Crippen LogP contribution in [0.25, 0.3) is 0 Å². The lowest BCUT2D eigenvalue weighted by Gasteiger charge is -2.35. The number of benzene rings is 1. The summed E-state index contributed by atoms with van der Waals surface area (Å²) in [6.07, 6.45) is 7.86. The van der Waals surface area contributed by atoms with Gasteiger partial charge in [-0.25, -0.2) is 4.58 Å². The van der Waals surface area contributed by atoms with Gasteiger partial charge >= 0.3 is 0 Å². The van der Waals surface area contributed by atoms with Gasteiger partial charge in [-0.2, -0.15) is 0 Å². The summed E-state index contributed by atoms with van der Waals surface area (Å²) in [6.45, 7) is 8.45. The number of rotatable bonds is 2. The number of fused-ring (bicyclic) bond motifs is 1. The molecule has 0 unspecified atom stereocenters. The van der Waals surface area contributed by atoms with E-state index in [0.29, 0.717) is 0 Å². The van der Waals surface area contributed by atoms with Crippen molar-refractivity contribution in [1.82, 2.24) is 0 Å². The van der Waals surface area contributed by atoms with Gasteiger partial charge in [-0.05, 0) is 36.3 Å². The second kappa shape index (κ2) is 5.71. The van der Waals surface area contributed by atoms with Gasteiger partial charge in [0.1, 0.15) is 6.54 Å². The van der Waals surface area contributed by atoms with Crippen LogP contribution < -0.4 is 0 Å². The third-order valence-corrected chi connectivity index (χ3v) is 5.41. The van der Waals surface area contributed by atoms with E-state index in [1.807, 2.05) is 0 Å². The third-order valence-electron chi connectivity index (χ3n) is 5.41. The maximum atomic E-state index is 2.67. The predicted octanol–water partition coefficient (Wildman–Crippen LogP) is 4.13. The first-order valence-electron chi connectivity index (χ1n) is 8.33. The minimum Gasteiger partial charge on any atom is -0.232 e. The summed E-state index contributed by atoms with van der Waals surface area (Å²) in [6, 6.07) is 9.65. The number of hydrogen-bond donors (Lipinski definition) is 0. The van der Waals surface area contributed by atoms with E-state index >= 15 is 0 Å². The minimum absolute atomic E-state index is 0.757. The van der Waals surface area contributed by atoms with Crippen LogP contribution in [0.2, 0.25) is 0 Å². The first-order valence-corrected chi connectivity index (χ1v) is 8.33. The van der Waals surface area contributed by atoms with Gasteiger partial charge in [0.25, 0.3) is 0 Å². The van der Waals surface area contributed by atoms with Crippen molar-refractivity contribution < 1.29 is 4.58 Å². The van der Waals surface area contributed by atoms with Crippen LogP contribution in [0.5, 0.6) is 0 Å². The van der Waals surface area contributed by atoms with Crippen LogP contribution in [-0.4, -0.2) is 23.4 Å². The molecule has 108 valence electrons. The molecular formula is C19H28N+. The molecule has 1 fully saturated rings. The summed E-state index contributed by atoms with van der Waals surface area (Å²) in [5.41, 5.74) is 2.97. The summed E-state index contributed by atoms with van der Waals surface area (Å²) in [4.78, 5) is 0. The van der Waals surface area contributed by atoms with Crippen LogP contribution >= 0.6 is 0 Å². The first-order chi connectivity index (χ1) is 9.65. The molecule has 1 aromatic carbocycles. The Morgan fingerprint density at radius 3 is 2.75 bits per heavy atom. The highest BCUT2D eigenvalue weighted by molar-refractivity contribution is 5.78. The van der Waals surface area contributed by atoms with E-state index in [9.17, 15) is 0 Å². The van der Waals surface area contributed by atoms with Crippen LogP contribution in [0.4, 0.5) is 0 Å². The maximum Gasteiger partial charge on any atom is 0.171 e. The fraction of sp³-hybridized carbons (Fsp3) is 0.632. The Balaban J connectivity index is 1.89. The van der Waals surface area contributed by atoms with Crippen LogP contribution in [0.1, 0.15) is 51.2 Å². The molecule has 3 rings (SSSR count). The van der Waals surface area contributed by atoms with Crippen molar-refractivity contribution in [2.24, 2.45) is 17.8 Å². The van der Waals surface area contributed by atoms with Crippen molar-refractivity contribution >= 4 is 6.21 Å². The Morgan fingerprint density at radius 1 is 1.15 bits per heavy atom. The highest BCUT2D eigenvalue weighted by atomic mass is 15.0. The Labute approximate surface area is 123 Å². The lowest BCUT2D eigenvalue weighted by Crippen LogP contribution is -2.43. The number of hydrogen-bond acceptors (Lipinski definition) is 0. The topological polar surface area (TPSA) is 3.01 Å². The summed E-state index contributed by atoms with van der Waals surface area (Å²) in [5.74, 6) is 2.56. The third kappa shape index (κ3) is 2.68. The summed E-state index contributed by atoms with van der Waals surface area (Å²) in [5, 5.41) is 0. The molecule has 0 N–H and O–H groups in total. The molecule has 0 spiro atoms. The van der Waals surface area contributed by atoms with E-state index in [0.717, 1.165) is 23.8 Å². The highest BCUT2D eigenvalue weighted by Crippen LogP contribution is 2.35. The largest absolute Gasteiger partial charge is 0.232 e. The molecule has 1 saturated carbocycles. The quantitative estimate of drug-likeness (QED) is 0.711. The fourth-order valence-corrected chi connectivity index (χ4v) is 4.18. The average Bonchev–Trinajstić information content (AvgIpc) is 2.46. The van der Waals surface area contributed by atoms with Crippen molar-refractivity contribution in [2.75, 3.05) is 6.54 Å². The second-order valence-corrected chi connectivity index (χ2v) is 7.21. The van der Waals surface area contributed by atoms with Gasteiger partial charge in [0.15, 0.2) is 12.3 Å². The summed E-state index contributed by atoms with van der Waals surface area (Å²) >= 11 is 0. The van der Waals surface area contributed by atoms with Crippen molar-refractivity contribution in [1.29, 1.82) is 0 Å². The molecule has 0 saturated heterocycles. The lowest BCUT2D eigenvalue weighted by molar-refractivity contribution is -0.577. The summed E-state index contributed by atoms with van der Waals surface area (Å²) < 4.78 is 2.67.